The van der Waals surface area contributed by atoms with E-state index in [-0.39, 0.29) is 5.91 Å². The zero-order valence-corrected chi connectivity index (χ0v) is 8.21. The van der Waals surface area contributed by atoms with Gasteiger partial charge in [-0.3, -0.25) is 9.78 Å². The first-order valence-electron chi connectivity index (χ1n) is 4.46. The third-order valence-electron chi connectivity index (χ3n) is 1.94. The van der Waals surface area contributed by atoms with Gasteiger partial charge in [-0.05, 0) is 19.1 Å². The van der Waals surface area contributed by atoms with Crippen molar-refractivity contribution in [2.75, 3.05) is 5.73 Å². The first kappa shape index (κ1) is 9.39. The number of carbonyl (C=O) groups is 1. The van der Waals surface area contributed by atoms with Gasteiger partial charge in [0.25, 0.3) is 5.91 Å². The van der Waals surface area contributed by atoms with Gasteiger partial charge in [0, 0.05) is 12.3 Å². The van der Waals surface area contributed by atoms with E-state index in [9.17, 15) is 4.79 Å². The van der Waals surface area contributed by atoms with E-state index >= 15 is 0 Å². The standard InChI is InChI=1S/C10H10N4O/c1-7-6-9(11)14(13-7)10(15)8-4-2-3-5-12-8/h2-6H,11H2,1H3. The Morgan fingerprint density at radius 3 is 2.80 bits per heavy atom. The van der Waals surface area contributed by atoms with Crippen molar-refractivity contribution in [1.29, 1.82) is 0 Å². The molecule has 0 saturated heterocycles. The summed E-state index contributed by atoms with van der Waals surface area (Å²) < 4.78 is 1.15. The molecule has 5 nitrogen and oxygen atoms in total. The average molecular weight is 202 g/mol. The van der Waals surface area contributed by atoms with Crippen molar-refractivity contribution in [3.63, 3.8) is 0 Å². The molecule has 2 aromatic rings. The van der Waals surface area contributed by atoms with E-state index in [0.717, 1.165) is 4.68 Å². The molecule has 0 aromatic carbocycles. The Labute approximate surface area is 86.5 Å². The number of aromatic nitrogens is 3. The molecule has 0 spiro atoms. The molecule has 0 unspecified atom stereocenters. The third-order valence-corrected chi connectivity index (χ3v) is 1.94. The van der Waals surface area contributed by atoms with Gasteiger partial charge in [0.2, 0.25) is 0 Å². The number of nitrogens with two attached hydrogens (primary N) is 1. The van der Waals surface area contributed by atoms with Crippen molar-refractivity contribution in [3.8, 4) is 0 Å². The first-order chi connectivity index (χ1) is 7.18. The predicted molar refractivity (Wildman–Crippen MR) is 55.3 cm³/mol. The lowest BCUT2D eigenvalue weighted by Crippen LogP contribution is -2.17. The molecular formula is C10H10N4O. The average Bonchev–Trinajstić information content (AvgIpc) is 2.58. The molecule has 0 atom stereocenters. The molecule has 2 N–H and O–H groups in total. The maximum Gasteiger partial charge on any atom is 0.298 e. The van der Waals surface area contributed by atoms with Crippen LogP contribution in [0.2, 0.25) is 0 Å². The normalized spacial score (nSPS) is 10.2. The van der Waals surface area contributed by atoms with Gasteiger partial charge in [-0.1, -0.05) is 6.07 Å². The highest BCUT2D eigenvalue weighted by Gasteiger charge is 2.13. The van der Waals surface area contributed by atoms with Gasteiger partial charge in [-0.2, -0.15) is 9.78 Å². The van der Waals surface area contributed by atoms with Crippen molar-refractivity contribution in [1.82, 2.24) is 14.8 Å². The van der Waals surface area contributed by atoms with Crippen molar-refractivity contribution in [2.45, 2.75) is 6.92 Å². The number of hydrogen-bond donors (Lipinski definition) is 1. The highest BCUT2D eigenvalue weighted by atomic mass is 16.2. The lowest BCUT2D eigenvalue weighted by Gasteiger charge is -2.00. The molecule has 0 radical (unpaired) electrons. The summed E-state index contributed by atoms with van der Waals surface area (Å²) in [5.74, 6) is 0.00403. The van der Waals surface area contributed by atoms with Crippen molar-refractivity contribution < 1.29 is 4.79 Å². The maximum atomic E-state index is 11.8. The van der Waals surface area contributed by atoms with Crippen molar-refractivity contribution in [3.05, 3.63) is 41.9 Å². The summed E-state index contributed by atoms with van der Waals surface area (Å²) in [5.41, 5.74) is 6.66. The number of hydrogen-bond acceptors (Lipinski definition) is 4. The van der Waals surface area contributed by atoms with E-state index in [2.05, 4.69) is 10.1 Å². The van der Waals surface area contributed by atoms with Gasteiger partial charge in [0.05, 0.1) is 5.69 Å². The summed E-state index contributed by atoms with van der Waals surface area (Å²) >= 11 is 0. The number of carbonyl (C=O) groups excluding carboxylic acids is 1. The molecule has 0 aliphatic heterocycles. The number of nitrogen functional groups attached to an aromatic ring is 1. The quantitative estimate of drug-likeness (QED) is 0.744. The molecule has 2 aromatic heterocycles. The Morgan fingerprint density at radius 2 is 2.27 bits per heavy atom. The Bertz CT molecular complexity index is 489. The monoisotopic (exact) mass is 202 g/mol. The Balaban J connectivity index is 2.41. The smallest absolute Gasteiger partial charge is 0.298 e. The fraction of sp³-hybridized carbons (Fsp3) is 0.100. The third kappa shape index (κ3) is 1.71. The molecule has 15 heavy (non-hydrogen) atoms. The highest BCUT2D eigenvalue weighted by Crippen LogP contribution is 2.07. The molecular weight excluding hydrogens is 192 g/mol. The largest absolute Gasteiger partial charge is 0.383 e. The van der Waals surface area contributed by atoms with Crippen molar-refractivity contribution in [2.24, 2.45) is 0 Å². The SMILES string of the molecule is Cc1cc(N)n(C(=O)c2ccccn2)n1. The summed E-state index contributed by atoms with van der Waals surface area (Å²) in [4.78, 5) is 15.8. The van der Waals surface area contributed by atoms with Crippen molar-refractivity contribution >= 4 is 11.7 Å². The molecule has 0 aliphatic carbocycles. The minimum atomic E-state index is -0.318. The summed E-state index contributed by atoms with van der Waals surface area (Å²) in [6.07, 6.45) is 1.56. The van der Waals surface area contributed by atoms with Crippen LogP contribution in [0.5, 0.6) is 0 Å². The van der Waals surface area contributed by atoms with Gasteiger partial charge in [0.15, 0.2) is 0 Å². The Morgan fingerprint density at radius 1 is 1.47 bits per heavy atom. The molecule has 5 heteroatoms. The van der Waals surface area contributed by atoms with Crippen LogP contribution in [-0.4, -0.2) is 20.7 Å². The molecule has 2 heterocycles. The lowest BCUT2D eigenvalue weighted by molar-refractivity contribution is 0.0942. The van der Waals surface area contributed by atoms with E-state index in [0.29, 0.717) is 17.2 Å². The van der Waals surface area contributed by atoms with E-state index in [4.69, 9.17) is 5.73 Å². The fourth-order valence-corrected chi connectivity index (χ4v) is 1.28. The van der Waals surface area contributed by atoms with Crippen LogP contribution in [0.25, 0.3) is 0 Å². The summed E-state index contributed by atoms with van der Waals surface area (Å²) in [6.45, 7) is 1.78. The molecule has 0 fully saturated rings. The van der Waals surface area contributed by atoms with Crippen LogP contribution < -0.4 is 5.73 Å². The molecule has 0 aliphatic rings. The predicted octanol–water partition coefficient (Wildman–Crippen LogP) is 0.857. The maximum absolute atomic E-state index is 11.8. The zero-order valence-electron chi connectivity index (χ0n) is 8.21. The van der Waals surface area contributed by atoms with Gasteiger partial charge in [-0.25, -0.2) is 0 Å². The topological polar surface area (TPSA) is 73.8 Å². The second-order valence-electron chi connectivity index (χ2n) is 3.14. The minimum Gasteiger partial charge on any atom is -0.383 e. The van der Waals surface area contributed by atoms with Gasteiger partial charge in [0.1, 0.15) is 11.5 Å². The second kappa shape index (κ2) is 3.53. The second-order valence-corrected chi connectivity index (χ2v) is 3.14. The summed E-state index contributed by atoms with van der Waals surface area (Å²) in [6, 6.07) is 6.75. The number of pyridine rings is 1. The Kier molecular flexibility index (Phi) is 2.21. The number of aryl methyl sites for hydroxylation is 1. The van der Waals surface area contributed by atoms with Crippen LogP contribution in [0, 0.1) is 6.92 Å². The van der Waals surface area contributed by atoms with Gasteiger partial charge < -0.3 is 5.73 Å². The molecule has 0 saturated carbocycles. The van der Waals surface area contributed by atoms with E-state index < -0.39 is 0 Å². The van der Waals surface area contributed by atoms with Crippen LogP contribution in [0.1, 0.15) is 16.2 Å². The van der Waals surface area contributed by atoms with Crippen LogP contribution in [0.15, 0.2) is 30.5 Å². The summed E-state index contributed by atoms with van der Waals surface area (Å²) in [7, 11) is 0. The zero-order chi connectivity index (χ0) is 10.8. The highest BCUT2D eigenvalue weighted by molar-refractivity contribution is 5.95. The van der Waals surface area contributed by atoms with E-state index in [1.807, 2.05) is 0 Å². The summed E-state index contributed by atoms with van der Waals surface area (Å²) in [5, 5.41) is 3.99. The van der Waals surface area contributed by atoms with Gasteiger partial charge in [-0.15, -0.1) is 0 Å². The number of rotatable bonds is 1. The van der Waals surface area contributed by atoms with Crippen LogP contribution in [-0.2, 0) is 0 Å². The Hall–Kier alpha value is -2.17. The number of anilines is 1. The molecule has 2 rings (SSSR count). The van der Waals surface area contributed by atoms with Gasteiger partial charge >= 0.3 is 0 Å². The fourth-order valence-electron chi connectivity index (χ4n) is 1.28. The lowest BCUT2D eigenvalue weighted by atomic mass is 10.3. The number of nitrogens with zero attached hydrogens (tertiary/aromatic N) is 3. The van der Waals surface area contributed by atoms with Crippen LogP contribution >= 0.6 is 0 Å². The molecule has 0 bridgehead atoms. The van der Waals surface area contributed by atoms with E-state index in [1.54, 1.807) is 37.4 Å². The van der Waals surface area contributed by atoms with Crippen LogP contribution in [0.3, 0.4) is 0 Å². The van der Waals surface area contributed by atoms with E-state index in [1.165, 1.54) is 0 Å². The van der Waals surface area contributed by atoms with Crippen LogP contribution in [0.4, 0.5) is 5.82 Å². The molecule has 0 amide bonds. The first-order valence-corrected chi connectivity index (χ1v) is 4.46. The minimum absolute atomic E-state index is 0.318. The molecule has 76 valence electrons.